The minimum Gasteiger partial charge on any atom is -0.484 e. The summed E-state index contributed by atoms with van der Waals surface area (Å²) in [5.74, 6) is 7.20. The van der Waals surface area contributed by atoms with E-state index in [2.05, 4.69) is 33.8 Å². The Labute approximate surface area is 123 Å². The molecule has 2 rings (SSSR count). The van der Waals surface area contributed by atoms with Crippen LogP contribution < -0.4 is 4.74 Å². The molecule has 0 amide bonds. The van der Waals surface area contributed by atoms with Gasteiger partial charge in [-0.1, -0.05) is 18.8 Å². The molecule has 2 heterocycles. The van der Waals surface area contributed by atoms with Crippen molar-refractivity contribution in [3.8, 4) is 17.6 Å². The molecule has 0 atom stereocenters. The molecule has 0 saturated heterocycles. The van der Waals surface area contributed by atoms with Gasteiger partial charge in [0.05, 0.1) is 12.8 Å². The summed E-state index contributed by atoms with van der Waals surface area (Å²) in [7, 11) is 0. The number of pyridine rings is 1. The molecule has 0 aliphatic rings. The van der Waals surface area contributed by atoms with Crippen LogP contribution in [0.3, 0.4) is 0 Å². The minimum absolute atomic E-state index is 0.0592. The topological polar surface area (TPSA) is 73.1 Å². The molecule has 0 saturated carbocycles. The molecule has 0 aromatic carbocycles. The maximum Gasteiger partial charge on any atom is 0.164 e. The number of hydrogen-bond donors (Lipinski definition) is 1. The van der Waals surface area contributed by atoms with Crippen LogP contribution >= 0.6 is 0 Å². The third-order valence-corrected chi connectivity index (χ3v) is 2.68. The van der Waals surface area contributed by atoms with Crippen LogP contribution in [0.5, 0.6) is 5.75 Å². The maximum atomic E-state index is 8.70. The first-order valence-corrected chi connectivity index (χ1v) is 6.87. The summed E-state index contributed by atoms with van der Waals surface area (Å²) in [6, 6.07) is 1.82. The Bertz CT molecular complexity index is 628. The van der Waals surface area contributed by atoms with Gasteiger partial charge in [0.1, 0.15) is 18.7 Å². The Morgan fingerprint density at radius 3 is 3.10 bits per heavy atom. The highest BCUT2D eigenvalue weighted by atomic mass is 16.5. The fourth-order valence-corrected chi connectivity index (χ4v) is 1.73. The van der Waals surface area contributed by atoms with E-state index in [1.807, 2.05) is 10.7 Å². The highest BCUT2D eigenvalue weighted by Crippen LogP contribution is 2.12. The largest absolute Gasteiger partial charge is 0.484 e. The van der Waals surface area contributed by atoms with Crippen molar-refractivity contribution < 1.29 is 9.84 Å². The Kier molecular flexibility index (Phi) is 5.73. The lowest BCUT2D eigenvalue weighted by atomic mass is 10.2. The molecule has 2 aromatic heterocycles. The second-order valence-electron chi connectivity index (χ2n) is 4.37. The second-order valence-corrected chi connectivity index (χ2v) is 4.37. The van der Waals surface area contributed by atoms with Crippen LogP contribution in [0.4, 0.5) is 0 Å². The maximum absolute atomic E-state index is 8.70. The number of ether oxygens (including phenoxy) is 1. The molecule has 2 aromatic rings. The summed E-state index contributed by atoms with van der Waals surface area (Å²) < 4.78 is 7.51. The van der Waals surface area contributed by atoms with Crippen molar-refractivity contribution in [2.75, 3.05) is 6.61 Å². The molecule has 0 bridgehead atoms. The summed E-state index contributed by atoms with van der Waals surface area (Å²) in [4.78, 5) is 8.27. The quantitative estimate of drug-likeness (QED) is 0.813. The predicted molar refractivity (Wildman–Crippen MR) is 77.5 cm³/mol. The van der Waals surface area contributed by atoms with Crippen LogP contribution in [0.15, 0.2) is 24.8 Å². The fourth-order valence-electron chi connectivity index (χ4n) is 1.73. The molecular formula is C15H18N4O2. The monoisotopic (exact) mass is 286 g/mol. The van der Waals surface area contributed by atoms with Gasteiger partial charge in [-0.25, -0.2) is 9.67 Å². The van der Waals surface area contributed by atoms with Gasteiger partial charge in [-0.15, -0.1) is 0 Å². The number of aliphatic hydroxyl groups excluding tert-OH is 1. The number of aryl methyl sites for hydroxylation is 1. The van der Waals surface area contributed by atoms with Crippen molar-refractivity contribution in [1.82, 2.24) is 19.7 Å². The van der Waals surface area contributed by atoms with Gasteiger partial charge >= 0.3 is 0 Å². The van der Waals surface area contributed by atoms with Crippen molar-refractivity contribution >= 4 is 0 Å². The van der Waals surface area contributed by atoms with E-state index in [1.165, 1.54) is 6.33 Å². The van der Waals surface area contributed by atoms with Gasteiger partial charge in [-0.3, -0.25) is 4.98 Å². The van der Waals surface area contributed by atoms with E-state index in [1.54, 1.807) is 12.4 Å². The highest BCUT2D eigenvalue weighted by molar-refractivity contribution is 5.36. The first-order chi connectivity index (χ1) is 10.3. The van der Waals surface area contributed by atoms with Gasteiger partial charge in [0.25, 0.3) is 0 Å². The lowest BCUT2D eigenvalue weighted by Gasteiger charge is -2.07. The first-order valence-electron chi connectivity index (χ1n) is 6.87. The molecule has 1 N–H and O–H groups in total. The van der Waals surface area contributed by atoms with Gasteiger partial charge in [0.15, 0.2) is 5.82 Å². The molecule has 0 aliphatic carbocycles. The van der Waals surface area contributed by atoms with Crippen LogP contribution in [-0.2, 0) is 13.2 Å². The average Bonchev–Trinajstić information content (AvgIpc) is 2.94. The zero-order valence-electron chi connectivity index (χ0n) is 12.0. The van der Waals surface area contributed by atoms with Crippen LogP contribution in [0, 0.1) is 11.8 Å². The zero-order chi connectivity index (χ0) is 14.9. The summed E-state index contributed by atoms with van der Waals surface area (Å²) in [6.45, 7) is 3.31. The SMILES string of the molecule is CCCn1ncnc1COc1cncc(C#CCCO)c1. The Balaban J connectivity index is 1.98. The fraction of sp³-hybridized carbons (Fsp3) is 0.400. The van der Waals surface area contributed by atoms with E-state index in [0.29, 0.717) is 18.8 Å². The molecule has 0 aliphatic heterocycles. The normalized spacial score (nSPS) is 10.0. The molecule has 0 spiro atoms. The highest BCUT2D eigenvalue weighted by Gasteiger charge is 2.05. The molecule has 0 radical (unpaired) electrons. The van der Waals surface area contributed by atoms with Gasteiger partial charge in [-0.2, -0.15) is 5.10 Å². The lowest BCUT2D eigenvalue weighted by molar-refractivity contribution is 0.285. The number of aromatic nitrogens is 4. The summed E-state index contributed by atoms with van der Waals surface area (Å²) in [5.41, 5.74) is 0.760. The summed E-state index contributed by atoms with van der Waals surface area (Å²) in [6.07, 6.45) is 6.27. The van der Waals surface area contributed by atoms with Crippen molar-refractivity contribution in [1.29, 1.82) is 0 Å². The molecule has 21 heavy (non-hydrogen) atoms. The molecule has 110 valence electrons. The number of aliphatic hydroxyl groups is 1. The Morgan fingerprint density at radius 2 is 2.29 bits per heavy atom. The van der Waals surface area contributed by atoms with E-state index in [4.69, 9.17) is 9.84 Å². The third kappa shape index (κ3) is 4.58. The van der Waals surface area contributed by atoms with Crippen LogP contribution in [0.25, 0.3) is 0 Å². The summed E-state index contributed by atoms with van der Waals surface area (Å²) >= 11 is 0. The van der Waals surface area contributed by atoms with E-state index >= 15 is 0 Å². The van der Waals surface area contributed by atoms with E-state index in [-0.39, 0.29) is 6.61 Å². The second kappa shape index (κ2) is 8.02. The van der Waals surface area contributed by atoms with E-state index < -0.39 is 0 Å². The molecule has 6 heteroatoms. The minimum atomic E-state index is 0.0592. The van der Waals surface area contributed by atoms with Gasteiger partial charge in [0, 0.05) is 24.7 Å². The third-order valence-electron chi connectivity index (χ3n) is 2.68. The van der Waals surface area contributed by atoms with E-state index in [0.717, 1.165) is 24.4 Å². The van der Waals surface area contributed by atoms with E-state index in [9.17, 15) is 0 Å². The Hall–Kier alpha value is -2.39. The number of rotatable bonds is 6. The van der Waals surface area contributed by atoms with Crippen molar-refractivity contribution in [2.45, 2.75) is 32.9 Å². The van der Waals surface area contributed by atoms with Crippen molar-refractivity contribution in [3.05, 3.63) is 36.2 Å². The smallest absolute Gasteiger partial charge is 0.164 e. The summed E-state index contributed by atoms with van der Waals surface area (Å²) in [5, 5.41) is 12.9. The first kappa shape index (κ1) is 15.0. The molecule has 6 nitrogen and oxygen atoms in total. The van der Waals surface area contributed by atoms with Crippen LogP contribution in [0.1, 0.15) is 31.2 Å². The van der Waals surface area contributed by atoms with Crippen molar-refractivity contribution in [3.63, 3.8) is 0 Å². The number of hydrogen-bond acceptors (Lipinski definition) is 5. The van der Waals surface area contributed by atoms with Gasteiger partial charge < -0.3 is 9.84 Å². The lowest BCUT2D eigenvalue weighted by Crippen LogP contribution is -2.08. The Morgan fingerprint density at radius 1 is 1.38 bits per heavy atom. The molecule has 0 fully saturated rings. The van der Waals surface area contributed by atoms with Gasteiger partial charge in [0.2, 0.25) is 0 Å². The predicted octanol–water partition coefficient (Wildman–Crippen LogP) is 1.40. The van der Waals surface area contributed by atoms with Gasteiger partial charge in [-0.05, 0) is 12.5 Å². The zero-order valence-corrected chi connectivity index (χ0v) is 12.0. The van der Waals surface area contributed by atoms with Crippen LogP contribution in [0.2, 0.25) is 0 Å². The standard InChI is InChI=1S/C15H18N4O2/c1-2-6-19-15(17-12-18-19)11-21-14-8-13(9-16-10-14)5-3-4-7-20/h8-10,12,20H,2,4,6-7,11H2,1H3. The van der Waals surface area contributed by atoms with Crippen LogP contribution in [-0.4, -0.2) is 31.5 Å². The average molecular weight is 286 g/mol. The number of nitrogens with zero attached hydrogens (tertiary/aromatic N) is 4. The van der Waals surface area contributed by atoms with Crippen molar-refractivity contribution in [2.24, 2.45) is 0 Å². The molecule has 0 unspecified atom stereocenters. The molecular weight excluding hydrogens is 268 g/mol.